The minimum Gasteiger partial charge on any atom is -0.391 e. The highest BCUT2D eigenvalue weighted by molar-refractivity contribution is 5.76. The van der Waals surface area contributed by atoms with Gasteiger partial charge in [-0.25, -0.2) is 4.39 Å². The number of carbonyl (C=O) groups excluding carboxylic acids is 1. The van der Waals surface area contributed by atoms with Gasteiger partial charge >= 0.3 is 0 Å². The van der Waals surface area contributed by atoms with E-state index in [2.05, 4.69) is 10.6 Å². The Morgan fingerprint density at radius 2 is 2.25 bits per heavy atom. The highest BCUT2D eigenvalue weighted by Gasteiger charge is 2.25. The van der Waals surface area contributed by atoms with Gasteiger partial charge in [0.1, 0.15) is 5.82 Å². The van der Waals surface area contributed by atoms with Gasteiger partial charge in [0, 0.05) is 32.0 Å². The van der Waals surface area contributed by atoms with Gasteiger partial charge in [-0.15, -0.1) is 0 Å². The van der Waals surface area contributed by atoms with Crippen LogP contribution < -0.4 is 10.6 Å². The third-order valence-electron chi connectivity index (χ3n) is 3.79. The molecule has 1 aromatic carbocycles. The number of nitrogens with one attached hydrogen (secondary N) is 2. The summed E-state index contributed by atoms with van der Waals surface area (Å²) in [6, 6.07) is 6.52. The molecule has 3 atom stereocenters. The van der Waals surface area contributed by atoms with Crippen molar-refractivity contribution >= 4 is 5.91 Å². The lowest BCUT2D eigenvalue weighted by atomic mass is 9.97. The Bertz CT molecular complexity index is 467. The highest BCUT2D eigenvalue weighted by Crippen LogP contribution is 2.21. The number of hydrogen-bond acceptors (Lipinski definition) is 3. The molecule has 1 heterocycles. The van der Waals surface area contributed by atoms with E-state index in [4.69, 9.17) is 0 Å². The van der Waals surface area contributed by atoms with Crippen molar-refractivity contribution in [2.75, 3.05) is 19.6 Å². The zero-order valence-electron chi connectivity index (χ0n) is 11.6. The molecule has 0 aliphatic carbocycles. The molecule has 5 heteroatoms. The molecule has 0 bridgehead atoms. The van der Waals surface area contributed by atoms with Crippen LogP contribution >= 0.6 is 0 Å². The number of rotatable bonds is 5. The van der Waals surface area contributed by atoms with Crippen LogP contribution in [0.25, 0.3) is 0 Å². The molecule has 3 N–H and O–H groups in total. The average molecular weight is 280 g/mol. The molecule has 0 spiro atoms. The van der Waals surface area contributed by atoms with E-state index in [-0.39, 0.29) is 30.0 Å². The number of amides is 1. The second-order valence-corrected chi connectivity index (χ2v) is 5.42. The van der Waals surface area contributed by atoms with Crippen LogP contribution in [0.4, 0.5) is 4.39 Å². The molecule has 4 nitrogen and oxygen atoms in total. The summed E-state index contributed by atoms with van der Waals surface area (Å²) in [6.07, 6.45) is -0.156. The van der Waals surface area contributed by atoms with Crippen molar-refractivity contribution < 1.29 is 14.3 Å². The molecule has 1 aliphatic heterocycles. The number of aliphatic hydroxyl groups is 1. The first-order valence-electron chi connectivity index (χ1n) is 6.98. The molecule has 0 radical (unpaired) electrons. The van der Waals surface area contributed by atoms with Gasteiger partial charge < -0.3 is 15.7 Å². The standard InChI is InChI=1S/C15H21FN2O2/c1-10(12-4-2-3-5-13(12)16)6-15(20)18-8-11-7-17-9-14(11)19/h2-5,10-11,14,17,19H,6-9H2,1H3,(H,18,20). The fourth-order valence-corrected chi connectivity index (χ4v) is 2.51. The average Bonchev–Trinajstić information content (AvgIpc) is 2.82. The molecule has 20 heavy (non-hydrogen) atoms. The SMILES string of the molecule is CC(CC(=O)NCC1CNCC1O)c1ccccc1F. The van der Waals surface area contributed by atoms with E-state index in [1.807, 2.05) is 6.92 Å². The number of benzene rings is 1. The van der Waals surface area contributed by atoms with Crippen LogP contribution in [0.2, 0.25) is 0 Å². The molecule has 2 rings (SSSR count). The molecule has 1 saturated heterocycles. The maximum atomic E-state index is 13.6. The van der Waals surface area contributed by atoms with E-state index >= 15 is 0 Å². The summed E-state index contributed by atoms with van der Waals surface area (Å²) in [5.41, 5.74) is 0.560. The maximum Gasteiger partial charge on any atom is 0.220 e. The number of hydrogen-bond donors (Lipinski definition) is 3. The minimum atomic E-state index is -0.403. The van der Waals surface area contributed by atoms with Crippen molar-refractivity contribution in [3.8, 4) is 0 Å². The van der Waals surface area contributed by atoms with E-state index < -0.39 is 6.10 Å². The van der Waals surface area contributed by atoms with Gasteiger partial charge in [0.15, 0.2) is 0 Å². The van der Waals surface area contributed by atoms with Crippen LogP contribution in [0.1, 0.15) is 24.8 Å². The van der Waals surface area contributed by atoms with E-state index in [1.54, 1.807) is 18.2 Å². The first-order chi connectivity index (χ1) is 9.58. The van der Waals surface area contributed by atoms with Gasteiger partial charge in [-0.3, -0.25) is 4.79 Å². The van der Waals surface area contributed by atoms with Gasteiger partial charge in [-0.2, -0.15) is 0 Å². The monoisotopic (exact) mass is 280 g/mol. The number of halogens is 1. The predicted molar refractivity (Wildman–Crippen MR) is 74.8 cm³/mol. The Kier molecular flexibility index (Phi) is 5.09. The third-order valence-corrected chi connectivity index (χ3v) is 3.79. The normalized spacial score (nSPS) is 23.6. The van der Waals surface area contributed by atoms with E-state index in [0.29, 0.717) is 25.2 Å². The zero-order chi connectivity index (χ0) is 14.5. The van der Waals surface area contributed by atoms with E-state index in [1.165, 1.54) is 6.07 Å². The van der Waals surface area contributed by atoms with Crippen molar-refractivity contribution in [3.05, 3.63) is 35.6 Å². The summed E-state index contributed by atoms with van der Waals surface area (Å²) in [6.45, 7) is 3.58. The molecule has 1 aliphatic rings. The number of carbonyl (C=O) groups is 1. The lowest BCUT2D eigenvalue weighted by molar-refractivity contribution is -0.121. The van der Waals surface area contributed by atoms with Gasteiger partial charge in [0.2, 0.25) is 5.91 Å². The van der Waals surface area contributed by atoms with Gasteiger partial charge in [-0.1, -0.05) is 25.1 Å². The lowest BCUT2D eigenvalue weighted by Gasteiger charge is -2.16. The summed E-state index contributed by atoms with van der Waals surface area (Å²) < 4.78 is 13.6. The molecular weight excluding hydrogens is 259 g/mol. The Hall–Kier alpha value is -1.46. The second-order valence-electron chi connectivity index (χ2n) is 5.42. The van der Waals surface area contributed by atoms with Crippen LogP contribution in [0.15, 0.2) is 24.3 Å². The smallest absolute Gasteiger partial charge is 0.220 e. The van der Waals surface area contributed by atoms with Crippen LogP contribution in [-0.4, -0.2) is 36.8 Å². The fraction of sp³-hybridized carbons (Fsp3) is 0.533. The second kappa shape index (κ2) is 6.81. The van der Waals surface area contributed by atoms with Gasteiger partial charge in [-0.05, 0) is 17.5 Å². The van der Waals surface area contributed by atoms with Crippen LogP contribution in [-0.2, 0) is 4.79 Å². The van der Waals surface area contributed by atoms with Crippen LogP contribution in [0.5, 0.6) is 0 Å². The summed E-state index contributed by atoms with van der Waals surface area (Å²) in [5.74, 6) is -0.492. The van der Waals surface area contributed by atoms with Crippen molar-refractivity contribution in [1.82, 2.24) is 10.6 Å². The molecule has 1 fully saturated rings. The summed E-state index contributed by atoms with van der Waals surface area (Å²) in [5, 5.41) is 15.5. The summed E-state index contributed by atoms with van der Waals surface area (Å²) in [7, 11) is 0. The first kappa shape index (κ1) is 14.9. The Morgan fingerprint density at radius 3 is 2.90 bits per heavy atom. The largest absolute Gasteiger partial charge is 0.391 e. The summed E-state index contributed by atoms with van der Waals surface area (Å²) in [4.78, 5) is 11.9. The van der Waals surface area contributed by atoms with Gasteiger partial charge in [0.25, 0.3) is 0 Å². The maximum absolute atomic E-state index is 13.6. The molecule has 1 amide bonds. The summed E-state index contributed by atoms with van der Waals surface area (Å²) >= 11 is 0. The van der Waals surface area contributed by atoms with Crippen molar-refractivity contribution in [1.29, 1.82) is 0 Å². The Morgan fingerprint density at radius 1 is 1.50 bits per heavy atom. The highest BCUT2D eigenvalue weighted by atomic mass is 19.1. The van der Waals surface area contributed by atoms with Crippen LogP contribution in [0, 0.1) is 11.7 Å². The van der Waals surface area contributed by atoms with E-state index in [0.717, 1.165) is 0 Å². The predicted octanol–water partition coefficient (Wildman–Crippen LogP) is 1.02. The molecule has 0 saturated carbocycles. The zero-order valence-corrected chi connectivity index (χ0v) is 11.6. The molecular formula is C15H21FN2O2. The number of aliphatic hydroxyl groups excluding tert-OH is 1. The van der Waals surface area contributed by atoms with E-state index in [9.17, 15) is 14.3 Å². The molecule has 1 aromatic rings. The van der Waals surface area contributed by atoms with Crippen molar-refractivity contribution in [2.45, 2.75) is 25.4 Å². The molecule has 110 valence electrons. The lowest BCUT2D eigenvalue weighted by Crippen LogP contribution is -2.34. The van der Waals surface area contributed by atoms with Crippen LogP contribution in [0.3, 0.4) is 0 Å². The Balaban J connectivity index is 1.81. The quantitative estimate of drug-likeness (QED) is 0.754. The van der Waals surface area contributed by atoms with Gasteiger partial charge in [0.05, 0.1) is 6.10 Å². The minimum absolute atomic E-state index is 0.0581. The molecule has 3 unspecified atom stereocenters. The Labute approximate surface area is 118 Å². The topological polar surface area (TPSA) is 61.4 Å². The van der Waals surface area contributed by atoms with Crippen molar-refractivity contribution in [2.24, 2.45) is 5.92 Å². The molecule has 0 aromatic heterocycles. The fourth-order valence-electron chi connectivity index (χ4n) is 2.51. The third kappa shape index (κ3) is 3.77. The number of β-amino-alcohol motifs (C(OH)–C–C–N with tert-alkyl or cyclic N) is 1. The first-order valence-corrected chi connectivity index (χ1v) is 6.98. The van der Waals surface area contributed by atoms with Crippen molar-refractivity contribution in [3.63, 3.8) is 0 Å².